The van der Waals surface area contributed by atoms with E-state index in [1.165, 1.54) is 16.7 Å². The monoisotopic (exact) mass is 625 g/mol. The van der Waals surface area contributed by atoms with E-state index < -0.39 is 0 Å². The van der Waals surface area contributed by atoms with Gasteiger partial charge in [-0.3, -0.25) is 4.79 Å². The van der Waals surface area contributed by atoms with E-state index in [-0.39, 0.29) is 17.9 Å². The smallest absolute Gasteiger partial charge is 0.251 e. The van der Waals surface area contributed by atoms with E-state index in [4.69, 9.17) is 15.7 Å². The number of ether oxygens (including phenoxy) is 1. The van der Waals surface area contributed by atoms with Crippen LogP contribution in [0.25, 0.3) is 38.5 Å². The first-order valence-corrected chi connectivity index (χ1v) is 16.8. The van der Waals surface area contributed by atoms with Crippen molar-refractivity contribution in [3.63, 3.8) is 0 Å². The van der Waals surface area contributed by atoms with Crippen LogP contribution in [-0.2, 0) is 0 Å². The van der Waals surface area contributed by atoms with Gasteiger partial charge in [-0.15, -0.1) is 0 Å². The van der Waals surface area contributed by atoms with Crippen LogP contribution < -0.4 is 10.1 Å². The largest absolute Gasteiger partial charge is 0.490 e. The summed E-state index contributed by atoms with van der Waals surface area (Å²) in [7, 11) is 0. The van der Waals surface area contributed by atoms with Gasteiger partial charge < -0.3 is 14.5 Å². The lowest BCUT2D eigenvalue weighted by Gasteiger charge is -2.29. The van der Waals surface area contributed by atoms with Crippen molar-refractivity contribution in [2.45, 2.75) is 78.2 Å². The highest BCUT2D eigenvalue weighted by Gasteiger charge is 2.23. The van der Waals surface area contributed by atoms with Crippen molar-refractivity contribution >= 4 is 22.7 Å². The van der Waals surface area contributed by atoms with Crippen LogP contribution >= 0.6 is 0 Å². The molecule has 47 heavy (non-hydrogen) atoms. The fourth-order valence-corrected chi connectivity index (χ4v) is 6.62. The average Bonchev–Trinajstić information content (AvgIpc) is 3.52. The third-order valence-electron chi connectivity index (χ3n) is 9.24. The summed E-state index contributed by atoms with van der Waals surface area (Å²) in [6.45, 7) is 18.5. The zero-order chi connectivity index (χ0) is 33.1. The minimum Gasteiger partial charge on any atom is -0.490 e. The van der Waals surface area contributed by atoms with Crippen LogP contribution in [0.1, 0.15) is 92.3 Å². The lowest BCUT2D eigenvalue weighted by molar-refractivity contribution is 0.0943. The van der Waals surface area contributed by atoms with Crippen molar-refractivity contribution in [2.24, 2.45) is 5.92 Å². The maximum absolute atomic E-state index is 13.0. The van der Waals surface area contributed by atoms with Gasteiger partial charge in [0.05, 0.1) is 18.2 Å². The molecule has 1 aliphatic rings. The molecule has 240 valence electrons. The second-order valence-electron chi connectivity index (χ2n) is 13.5. The first kappa shape index (κ1) is 32.1. The molecule has 1 amide bonds. The van der Waals surface area contributed by atoms with E-state index >= 15 is 0 Å². The normalized spacial score (nSPS) is 16.4. The molecule has 1 fully saturated rings. The number of aryl methyl sites for hydroxylation is 1. The van der Waals surface area contributed by atoms with Crippen LogP contribution in [-0.4, -0.2) is 23.5 Å². The Balaban J connectivity index is 1.03. The van der Waals surface area contributed by atoms with Crippen molar-refractivity contribution in [3.8, 4) is 28.3 Å². The lowest BCUT2D eigenvalue weighted by Crippen LogP contribution is -2.31. The Kier molecular flexibility index (Phi) is 9.45. The topological polar surface area (TPSA) is 68.7 Å². The fourth-order valence-electron chi connectivity index (χ4n) is 6.62. The van der Waals surface area contributed by atoms with E-state index in [9.17, 15) is 4.79 Å². The molecular formula is C41H43N3O3. The van der Waals surface area contributed by atoms with Gasteiger partial charge in [-0.2, -0.15) is 0 Å². The molecule has 1 N–H and O–H groups in total. The van der Waals surface area contributed by atoms with E-state index in [0.29, 0.717) is 46.6 Å². The molecule has 0 saturated heterocycles. The van der Waals surface area contributed by atoms with Gasteiger partial charge in [-0.05, 0) is 129 Å². The SMILES string of the molecule is [C-]#[N+]c1cc(C(C)C)c2oc(-c3ccc(C(=O)NCC4CCC(c5ccc(-c6cc(C)ccc6OC(C)C)cc5)CC4)cc3)nc2c1. The Hall–Kier alpha value is -4.89. The Labute approximate surface area is 278 Å². The molecule has 6 nitrogen and oxygen atoms in total. The highest BCUT2D eigenvalue weighted by molar-refractivity contribution is 5.94. The minimum absolute atomic E-state index is 0.0624. The lowest BCUT2D eigenvalue weighted by atomic mass is 9.78. The molecule has 0 spiro atoms. The summed E-state index contributed by atoms with van der Waals surface area (Å²) < 4.78 is 12.2. The predicted molar refractivity (Wildman–Crippen MR) is 189 cm³/mol. The van der Waals surface area contributed by atoms with Gasteiger partial charge in [0.15, 0.2) is 11.3 Å². The minimum atomic E-state index is -0.0624. The summed E-state index contributed by atoms with van der Waals surface area (Å²) in [5.74, 6) is 2.58. The third kappa shape index (κ3) is 7.25. The summed E-state index contributed by atoms with van der Waals surface area (Å²) in [4.78, 5) is 21.3. The summed E-state index contributed by atoms with van der Waals surface area (Å²) in [5.41, 5.74) is 9.27. The molecule has 0 bridgehead atoms. The number of rotatable bonds is 9. The Bertz CT molecular complexity index is 1910. The van der Waals surface area contributed by atoms with Crippen molar-refractivity contribution in [3.05, 3.63) is 113 Å². The Morgan fingerprint density at radius 2 is 1.64 bits per heavy atom. The zero-order valence-electron chi connectivity index (χ0n) is 28.0. The molecule has 6 heteroatoms. The van der Waals surface area contributed by atoms with Gasteiger partial charge in [0.25, 0.3) is 5.91 Å². The van der Waals surface area contributed by atoms with Gasteiger partial charge in [-0.1, -0.05) is 49.7 Å². The average molecular weight is 626 g/mol. The number of nitrogens with one attached hydrogen (secondary N) is 1. The quantitative estimate of drug-likeness (QED) is 0.166. The van der Waals surface area contributed by atoms with Gasteiger partial charge in [-0.25, -0.2) is 9.83 Å². The number of aromatic nitrogens is 1. The molecular weight excluding hydrogens is 582 g/mol. The molecule has 1 saturated carbocycles. The highest BCUT2D eigenvalue weighted by atomic mass is 16.5. The van der Waals surface area contributed by atoms with Crippen LogP contribution in [0.15, 0.2) is 83.3 Å². The Morgan fingerprint density at radius 3 is 2.30 bits per heavy atom. The van der Waals surface area contributed by atoms with Crippen LogP contribution in [0.3, 0.4) is 0 Å². The third-order valence-corrected chi connectivity index (χ3v) is 9.24. The first-order valence-electron chi connectivity index (χ1n) is 16.8. The van der Waals surface area contributed by atoms with Crippen molar-refractivity contribution < 1.29 is 13.9 Å². The molecule has 5 aromatic rings. The van der Waals surface area contributed by atoms with Gasteiger partial charge >= 0.3 is 0 Å². The van der Waals surface area contributed by atoms with E-state index in [2.05, 4.69) is 92.2 Å². The molecule has 1 aromatic heterocycles. The van der Waals surface area contributed by atoms with Gasteiger partial charge in [0, 0.05) is 23.2 Å². The van der Waals surface area contributed by atoms with Crippen LogP contribution in [0, 0.1) is 19.4 Å². The molecule has 6 rings (SSSR count). The zero-order valence-corrected chi connectivity index (χ0v) is 28.0. The van der Waals surface area contributed by atoms with Crippen LogP contribution in [0.4, 0.5) is 5.69 Å². The molecule has 0 radical (unpaired) electrons. The summed E-state index contributed by atoms with van der Waals surface area (Å²) in [6, 6.07) is 26.4. The number of fused-ring (bicyclic) bond motifs is 1. The van der Waals surface area contributed by atoms with Crippen LogP contribution in [0.5, 0.6) is 5.75 Å². The first-order chi connectivity index (χ1) is 22.7. The number of hydrogen-bond acceptors (Lipinski definition) is 4. The van der Waals surface area contributed by atoms with Gasteiger partial charge in [0.2, 0.25) is 5.89 Å². The fraction of sp³-hybridized carbons (Fsp3) is 0.341. The number of benzene rings is 4. The maximum Gasteiger partial charge on any atom is 0.251 e. The van der Waals surface area contributed by atoms with E-state index in [0.717, 1.165) is 48.1 Å². The molecule has 1 aliphatic carbocycles. The molecule has 0 atom stereocenters. The number of nitrogens with zero attached hydrogens (tertiary/aromatic N) is 2. The molecule has 0 unspecified atom stereocenters. The second-order valence-corrected chi connectivity index (χ2v) is 13.5. The standard InChI is InChI=1S/C41H43N3O3/c1-25(2)35-22-34(42-6)23-37-39(35)47-41(44-37)33-18-16-32(17-19-33)40(45)43-24-28-8-10-29(11-9-28)30-12-14-31(15-13-30)36-21-27(5)7-20-38(36)46-26(3)4/h7,12-23,25-26,28-29H,8-11,24H2,1-5H3,(H,43,45). The maximum atomic E-state index is 13.0. The summed E-state index contributed by atoms with van der Waals surface area (Å²) in [6.07, 6.45) is 4.58. The van der Waals surface area contributed by atoms with Crippen LogP contribution in [0.2, 0.25) is 0 Å². The second kappa shape index (κ2) is 13.8. The number of carbonyl (C=O) groups excluding carboxylic acids is 1. The number of hydrogen-bond donors (Lipinski definition) is 1. The molecule has 4 aromatic carbocycles. The van der Waals surface area contributed by atoms with E-state index in [1.807, 2.05) is 30.3 Å². The number of oxazole rings is 1. The Morgan fingerprint density at radius 1 is 0.936 bits per heavy atom. The van der Waals surface area contributed by atoms with Gasteiger partial charge in [0.1, 0.15) is 5.75 Å². The molecule has 0 aliphatic heterocycles. The number of amides is 1. The van der Waals surface area contributed by atoms with Crippen molar-refractivity contribution in [2.75, 3.05) is 6.54 Å². The van der Waals surface area contributed by atoms with Crippen molar-refractivity contribution in [1.29, 1.82) is 0 Å². The van der Waals surface area contributed by atoms with E-state index in [1.54, 1.807) is 6.07 Å². The van der Waals surface area contributed by atoms with Crippen molar-refractivity contribution in [1.82, 2.24) is 10.3 Å². The predicted octanol–water partition coefficient (Wildman–Crippen LogP) is 10.6. The number of carbonyl (C=O) groups is 1. The molecule has 1 heterocycles. The summed E-state index contributed by atoms with van der Waals surface area (Å²) >= 11 is 0. The summed E-state index contributed by atoms with van der Waals surface area (Å²) in [5, 5.41) is 3.17. The highest BCUT2D eigenvalue weighted by Crippen LogP contribution is 2.38.